The molecule has 2 amide bonds. The van der Waals surface area contributed by atoms with Crippen molar-refractivity contribution in [1.82, 2.24) is 5.32 Å². The smallest absolute Gasteiger partial charge is 0.319 e. The van der Waals surface area contributed by atoms with E-state index in [-0.39, 0.29) is 6.54 Å². The standard InChI is InChI=1S/C19H21ClN2O3/c1-25-14-8-9-15-13(11-14)5-4-10-19(15,24)12-21-18(23)22-17-7-3-2-6-16(17)20/h2-3,6-9,11,24H,4-5,10,12H2,1H3,(H2,21,22,23)/t19-/m0/s1. The van der Waals surface area contributed by atoms with Crippen molar-refractivity contribution in [3.8, 4) is 5.75 Å². The van der Waals surface area contributed by atoms with E-state index in [2.05, 4.69) is 10.6 Å². The number of urea groups is 1. The predicted molar refractivity (Wildman–Crippen MR) is 98.3 cm³/mol. The average molecular weight is 361 g/mol. The zero-order chi connectivity index (χ0) is 17.9. The first kappa shape index (κ1) is 17.6. The molecule has 0 aliphatic heterocycles. The summed E-state index contributed by atoms with van der Waals surface area (Å²) in [6.07, 6.45) is 2.34. The van der Waals surface area contributed by atoms with E-state index in [1.165, 1.54) is 0 Å². The lowest BCUT2D eigenvalue weighted by atomic mass is 9.79. The zero-order valence-electron chi connectivity index (χ0n) is 14.0. The first-order valence-electron chi connectivity index (χ1n) is 8.21. The topological polar surface area (TPSA) is 70.6 Å². The number of aryl methyl sites for hydroxylation is 1. The Morgan fingerprint density at radius 2 is 2.12 bits per heavy atom. The van der Waals surface area contributed by atoms with Crippen LogP contribution >= 0.6 is 11.6 Å². The van der Waals surface area contributed by atoms with Crippen LogP contribution in [0.3, 0.4) is 0 Å². The number of para-hydroxylation sites is 1. The van der Waals surface area contributed by atoms with Gasteiger partial charge in [0.2, 0.25) is 0 Å². The molecule has 1 aliphatic rings. The number of hydrogen-bond acceptors (Lipinski definition) is 3. The third-order valence-corrected chi connectivity index (χ3v) is 4.84. The van der Waals surface area contributed by atoms with Crippen molar-refractivity contribution in [3.05, 3.63) is 58.6 Å². The zero-order valence-corrected chi connectivity index (χ0v) is 14.8. The first-order valence-corrected chi connectivity index (χ1v) is 8.59. The van der Waals surface area contributed by atoms with Gasteiger partial charge >= 0.3 is 6.03 Å². The fourth-order valence-corrected chi connectivity index (χ4v) is 3.39. The summed E-state index contributed by atoms with van der Waals surface area (Å²) in [5.74, 6) is 0.771. The molecule has 1 atom stereocenters. The number of hydrogen-bond donors (Lipinski definition) is 3. The Hall–Kier alpha value is -2.24. The summed E-state index contributed by atoms with van der Waals surface area (Å²) >= 11 is 6.04. The van der Waals surface area contributed by atoms with Crippen molar-refractivity contribution in [2.24, 2.45) is 0 Å². The summed E-state index contributed by atoms with van der Waals surface area (Å²) in [7, 11) is 1.62. The lowest BCUT2D eigenvalue weighted by molar-refractivity contribution is 0.0220. The Bertz CT molecular complexity index is 781. The van der Waals surface area contributed by atoms with E-state index >= 15 is 0 Å². The van der Waals surface area contributed by atoms with Gasteiger partial charge in [0.15, 0.2) is 0 Å². The van der Waals surface area contributed by atoms with Crippen LogP contribution in [0, 0.1) is 0 Å². The van der Waals surface area contributed by atoms with Crippen molar-refractivity contribution in [1.29, 1.82) is 0 Å². The lowest BCUT2D eigenvalue weighted by Gasteiger charge is -2.34. The second kappa shape index (κ2) is 7.33. The fraction of sp³-hybridized carbons (Fsp3) is 0.316. The molecule has 0 unspecified atom stereocenters. The summed E-state index contributed by atoms with van der Waals surface area (Å²) in [6.45, 7) is 0.128. The summed E-state index contributed by atoms with van der Waals surface area (Å²) in [6, 6.07) is 12.3. The van der Waals surface area contributed by atoms with Crippen LogP contribution in [-0.2, 0) is 12.0 Å². The quantitative estimate of drug-likeness (QED) is 0.778. The van der Waals surface area contributed by atoms with Gasteiger partial charge in [-0.25, -0.2) is 4.79 Å². The number of rotatable bonds is 4. The number of carbonyl (C=O) groups excluding carboxylic acids is 1. The molecule has 25 heavy (non-hydrogen) atoms. The third-order valence-electron chi connectivity index (χ3n) is 4.51. The van der Waals surface area contributed by atoms with E-state index in [4.69, 9.17) is 16.3 Å². The van der Waals surface area contributed by atoms with Gasteiger partial charge in [0.25, 0.3) is 0 Å². The van der Waals surface area contributed by atoms with E-state index in [9.17, 15) is 9.90 Å². The predicted octanol–water partition coefficient (Wildman–Crippen LogP) is 3.69. The molecule has 3 rings (SSSR count). The van der Waals surface area contributed by atoms with Crippen molar-refractivity contribution in [3.63, 3.8) is 0 Å². The number of carbonyl (C=O) groups is 1. The maximum Gasteiger partial charge on any atom is 0.319 e. The summed E-state index contributed by atoms with van der Waals surface area (Å²) < 4.78 is 5.25. The number of ether oxygens (including phenoxy) is 1. The van der Waals surface area contributed by atoms with Crippen LogP contribution in [0.1, 0.15) is 24.0 Å². The third kappa shape index (κ3) is 3.89. The number of methoxy groups -OCH3 is 1. The molecule has 0 aromatic heterocycles. The van der Waals surface area contributed by atoms with Crippen molar-refractivity contribution < 1.29 is 14.6 Å². The van der Waals surface area contributed by atoms with E-state index < -0.39 is 11.6 Å². The van der Waals surface area contributed by atoms with E-state index in [0.717, 1.165) is 29.7 Å². The Labute approximate surface area is 152 Å². The van der Waals surface area contributed by atoms with Gasteiger partial charge in [0.1, 0.15) is 11.4 Å². The van der Waals surface area contributed by atoms with Crippen LogP contribution in [0.5, 0.6) is 5.75 Å². The molecule has 0 fully saturated rings. The molecule has 0 bridgehead atoms. The summed E-state index contributed by atoms with van der Waals surface area (Å²) in [5, 5.41) is 17.0. The Morgan fingerprint density at radius 1 is 1.32 bits per heavy atom. The molecule has 0 saturated heterocycles. The minimum absolute atomic E-state index is 0.128. The number of nitrogens with one attached hydrogen (secondary N) is 2. The molecule has 2 aromatic rings. The van der Waals surface area contributed by atoms with E-state index in [1.807, 2.05) is 18.2 Å². The second-order valence-electron chi connectivity index (χ2n) is 6.20. The maximum absolute atomic E-state index is 12.2. The van der Waals surface area contributed by atoms with Gasteiger partial charge in [-0.1, -0.05) is 29.8 Å². The molecular weight excluding hydrogens is 340 g/mol. The number of amides is 2. The normalized spacial score (nSPS) is 19.0. The minimum atomic E-state index is -1.09. The van der Waals surface area contributed by atoms with Crippen LogP contribution in [0.2, 0.25) is 5.02 Å². The van der Waals surface area contributed by atoms with Crippen molar-refractivity contribution in [2.75, 3.05) is 19.0 Å². The largest absolute Gasteiger partial charge is 0.497 e. The molecule has 5 nitrogen and oxygen atoms in total. The first-order chi connectivity index (χ1) is 12.0. The van der Waals surface area contributed by atoms with Crippen LogP contribution in [0.4, 0.5) is 10.5 Å². The van der Waals surface area contributed by atoms with Crippen LogP contribution in [0.25, 0.3) is 0 Å². The van der Waals surface area contributed by atoms with Gasteiger partial charge in [-0.05, 0) is 54.7 Å². The minimum Gasteiger partial charge on any atom is -0.497 e. The number of anilines is 1. The number of halogens is 1. The average Bonchev–Trinajstić information content (AvgIpc) is 2.62. The second-order valence-corrected chi connectivity index (χ2v) is 6.60. The maximum atomic E-state index is 12.2. The van der Waals surface area contributed by atoms with Gasteiger partial charge in [-0.15, -0.1) is 0 Å². The summed E-state index contributed by atoms with van der Waals surface area (Å²) in [4.78, 5) is 12.2. The van der Waals surface area contributed by atoms with Crippen LogP contribution < -0.4 is 15.4 Å². The molecular formula is C19H21ClN2O3. The van der Waals surface area contributed by atoms with Gasteiger partial charge in [0, 0.05) is 0 Å². The Balaban J connectivity index is 1.69. The molecule has 0 radical (unpaired) electrons. The van der Waals surface area contributed by atoms with Gasteiger partial charge in [0.05, 0.1) is 24.4 Å². The van der Waals surface area contributed by atoms with Gasteiger partial charge < -0.3 is 20.5 Å². The lowest BCUT2D eigenvalue weighted by Crippen LogP contribution is -2.44. The van der Waals surface area contributed by atoms with Crippen LogP contribution in [0.15, 0.2) is 42.5 Å². The fourth-order valence-electron chi connectivity index (χ4n) is 3.20. The highest BCUT2D eigenvalue weighted by molar-refractivity contribution is 6.33. The molecule has 2 aromatic carbocycles. The highest BCUT2D eigenvalue weighted by atomic mass is 35.5. The van der Waals surface area contributed by atoms with Gasteiger partial charge in [-0.3, -0.25) is 0 Å². The molecule has 132 valence electrons. The number of benzene rings is 2. The van der Waals surface area contributed by atoms with Crippen molar-refractivity contribution >= 4 is 23.3 Å². The Morgan fingerprint density at radius 3 is 2.88 bits per heavy atom. The molecule has 0 spiro atoms. The number of fused-ring (bicyclic) bond motifs is 1. The number of aliphatic hydroxyl groups is 1. The van der Waals surface area contributed by atoms with Crippen molar-refractivity contribution in [2.45, 2.75) is 24.9 Å². The highest BCUT2D eigenvalue weighted by Crippen LogP contribution is 2.36. The molecule has 0 saturated carbocycles. The molecule has 3 N–H and O–H groups in total. The molecule has 0 heterocycles. The monoisotopic (exact) mass is 360 g/mol. The molecule has 6 heteroatoms. The van der Waals surface area contributed by atoms with Gasteiger partial charge in [-0.2, -0.15) is 0 Å². The summed E-state index contributed by atoms with van der Waals surface area (Å²) in [5.41, 5.74) is 1.35. The Kier molecular flexibility index (Phi) is 5.16. The van der Waals surface area contributed by atoms with Crippen LogP contribution in [-0.4, -0.2) is 24.8 Å². The highest BCUT2D eigenvalue weighted by Gasteiger charge is 2.34. The molecule has 1 aliphatic carbocycles. The SMILES string of the molecule is COc1ccc2c(c1)CCC[C@]2(O)CNC(=O)Nc1ccccc1Cl. The van der Waals surface area contributed by atoms with E-state index in [1.54, 1.807) is 31.4 Å². The van der Waals surface area contributed by atoms with E-state index in [0.29, 0.717) is 17.1 Å².